The number of carbonyl (C=O) groups is 1. The highest BCUT2D eigenvalue weighted by Crippen LogP contribution is 2.19. The summed E-state index contributed by atoms with van der Waals surface area (Å²) in [6, 6.07) is 8.27. The van der Waals surface area contributed by atoms with E-state index in [0.717, 1.165) is 43.5 Å². The normalized spacial score (nSPS) is 16.1. The summed E-state index contributed by atoms with van der Waals surface area (Å²) in [5.41, 5.74) is 1.47. The molecule has 7 heteroatoms. The summed E-state index contributed by atoms with van der Waals surface area (Å²) in [6.45, 7) is 11.4. The van der Waals surface area contributed by atoms with Crippen molar-refractivity contribution in [3.05, 3.63) is 53.2 Å². The molecule has 0 aliphatic carbocycles. The van der Waals surface area contributed by atoms with Crippen LogP contribution in [-0.4, -0.2) is 53.0 Å². The van der Waals surface area contributed by atoms with Gasteiger partial charge in [0.15, 0.2) is 0 Å². The lowest BCUT2D eigenvalue weighted by molar-refractivity contribution is -0.126. The quantitative estimate of drug-likeness (QED) is 0.809. The van der Waals surface area contributed by atoms with E-state index in [1.165, 1.54) is 6.07 Å². The topological polar surface area (TPSA) is 61.4 Å². The number of aryl methyl sites for hydroxylation is 1. The van der Waals surface area contributed by atoms with Gasteiger partial charge >= 0.3 is 0 Å². The van der Waals surface area contributed by atoms with Crippen molar-refractivity contribution in [1.29, 1.82) is 0 Å². The molecule has 2 aromatic rings. The first kappa shape index (κ1) is 21.2. The molecule has 6 nitrogen and oxygen atoms in total. The molecule has 1 aromatic carbocycles. The summed E-state index contributed by atoms with van der Waals surface area (Å²) in [6.07, 6.45) is 0. The maximum Gasteiger partial charge on any atom is 0.237 e. The van der Waals surface area contributed by atoms with Crippen molar-refractivity contribution in [2.45, 2.75) is 46.2 Å². The van der Waals surface area contributed by atoms with Crippen LogP contribution in [0.4, 0.5) is 10.2 Å². The van der Waals surface area contributed by atoms with Crippen LogP contribution in [0.1, 0.15) is 43.8 Å². The number of nitrogens with zero attached hydrogens (tertiary/aromatic N) is 4. The summed E-state index contributed by atoms with van der Waals surface area (Å²) in [5, 5.41) is 2.85. The van der Waals surface area contributed by atoms with Gasteiger partial charge in [-0.15, -0.1) is 0 Å². The van der Waals surface area contributed by atoms with Crippen molar-refractivity contribution in [2.24, 2.45) is 0 Å². The van der Waals surface area contributed by atoms with Crippen LogP contribution < -0.4 is 10.2 Å². The van der Waals surface area contributed by atoms with Gasteiger partial charge in [-0.05, 0) is 19.9 Å². The maximum absolute atomic E-state index is 13.7. The van der Waals surface area contributed by atoms with Gasteiger partial charge in [0.2, 0.25) is 5.91 Å². The van der Waals surface area contributed by atoms with E-state index >= 15 is 0 Å². The lowest BCUT2D eigenvalue weighted by Gasteiger charge is -2.38. The Bertz CT molecular complexity index is 849. The highest BCUT2D eigenvalue weighted by Gasteiger charge is 2.26. The molecular formula is C22H30FN5O. The van der Waals surface area contributed by atoms with Crippen LogP contribution in [0, 0.1) is 12.7 Å². The summed E-state index contributed by atoms with van der Waals surface area (Å²) >= 11 is 0. The number of aromatic nitrogens is 2. The molecular weight excluding hydrogens is 369 g/mol. The second-order valence-corrected chi connectivity index (χ2v) is 7.89. The fourth-order valence-corrected chi connectivity index (χ4v) is 3.47. The van der Waals surface area contributed by atoms with E-state index in [2.05, 4.69) is 33.9 Å². The molecule has 1 amide bonds. The Balaban J connectivity index is 1.54. The molecule has 2 heterocycles. The molecule has 1 N–H and O–H groups in total. The molecule has 1 saturated heterocycles. The lowest BCUT2D eigenvalue weighted by Crippen LogP contribution is -2.54. The Hall–Kier alpha value is -2.54. The zero-order valence-corrected chi connectivity index (χ0v) is 17.7. The number of rotatable bonds is 6. The van der Waals surface area contributed by atoms with E-state index in [1.807, 2.05) is 19.9 Å². The molecule has 1 fully saturated rings. The van der Waals surface area contributed by atoms with E-state index in [-0.39, 0.29) is 30.2 Å². The molecule has 1 atom stereocenters. The van der Waals surface area contributed by atoms with E-state index in [4.69, 9.17) is 4.98 Å². The molecule has 156 valence electrons. The second-order valence-electron chi connectivity index (χ2n) is 7.89. The van der Waals surface area contributed by atoms with Crippen molar-refractivity contribution < 1.29 is 9.18 Å². The zero-order chi connectivity index (χ0) is 21.0. The summed E-state index contributed by atoms with van der Waals surface area (Å²) in [5.74, 6) is 1.73. The van der Waals surface area contributed by atoms with Crippen LogP contribution in [-0.2, 0) is 11.3 Å². The SMILES string of the molecule is Cc1cc(N2CCN(C(C)C(=O)NCc3ccccc3F)CC2)nc(C(C)C)n1. The Morgan fingerprint density at radius 1 is 1.14 bits per heavy atom. The number of amides is 1. The van der Waals surface area contributed by atoms with Crippen molar-refractivity contribution in [3.8, 4) is 0 Å². The predicted molar refractivity (Wildman–Crippen MR) is 112 cm³/mol. The third-order valence-corrected chi connectivity index (χ3v) is 5.35. The number of piperazine rings is 1. The van der Waals surface area contributed by atoms with E-state index in [0.29, 0.717) is 5.56 Å². The fraction of sp³-hybridized carbons (Fsp3) is 0.500. The number of hydrogen-bond donors (Lipinski definition) is 1. The number of benzene rings is 1. The Labute approximate surface area is 172 Å². The molecule has 0 saturated carbocycles. The van der Waals surface area contributed by atoms with Gasteiger partial charge in [0, 0.05) is 56.0 Å². The predicted octanol–water partition coefficient (Wildman–Crippen LogP) is 2.87. The minimum Gasteiger partial charge on any atom is -0.354 e. The van der Waals surface area contributed by atoms with Gasteiger partial charge in [0.25, 0.3) is 0 Å². The van der Waals surface area contributed by atoms with Crippen molar-refractivity contribution in [2.75, 3.05) is 31.1 Å². The minimum atomic E-state index is -0.296. The smallest absolute Gasteiger partial charge is 0.237 e. The molecule has 0 radical (unpaired) electrons. The van der Waals surface area contributed by atoms with Gasteiger partial charge in [-0.2, -0.15) is 0 Å². The summed E-state index contributed by atoms with van der Waals surface area (Å²) in [7, 11) is 0. The van der Waals surface area contributed by atoms with Crippen molar-refractivity contribution in [3.63, 3.8) is 0 Å². The third-order valence-electron chi connectivity index (χ3n) is 5.35. The van der Waals surface area contributed by atoms with E-state index in [9.17, 15) is 9.18 Å². The molecule has 0 bridgehead atoms. The van der Waals surface area contributed by atoms with Crippen LogP contribution in [0.5, 0.6) is 0 Å². The fourth-order valence-electron chi connectivity index (χ4n) is 3.47. The van der Waals surface area contributed by atoms with Gasteiger partial charge in [-0.25, -0.2) is 14.4 Å². The average molecular weight is 400 g/mol. The molecule has 29 heavy (non-hydrogen) atoms. The molecule has 1 aliphatic heterocycles. The van der Waals surface area contributed by atoms with Crippen molar-refractivity contribution >= 4 is 11.7 Å². The first-order valence-corrected chi connectivity index (χ1v) is 10.2. The van der Waals surface area contributed by atoms with Crippen LogP contribution >= 0.6 is 0 Å². The Morgan fingerprint density at radius 2 is 1.83 bits per heavy atom. The monoisotopic (exact) mass is 399 g/mol. The third kappa shape index (κ3) is 5.29. The Morgan fingerprint density at radius 3 is 2.48 bits per heavy atom. The second kappa shape index (κ2) is 9.31. The number of carbonyl (C=O) groups excluding carboxylic acids is 1. The minimum absolute atomic E-state index is 0.0818. The summed E-state index contributed by atoms with van der Waals surface area (Å²) < 4.78 is 13.7. The van der Waals surface area contributed by atoms with E-state index < -0.39 is 0 Å². The number of anilines is 1. The van der Waals surface area contributed by atoms with Gasteiger partial charge < -0.3 is 10.2 Å². The molecule has 1 aliphatic rings. The maximum atomic E-state index is 13.7. The van der Waals surface area contributed by atoms with Gasteiger partial charge in [-0.1, -0.05) is 32.0 Å². The van der Waals surface area contributed by atoms with Crippen LogP contribution in [0.2, 0.25) is 0 Å². The van der Waals surface area contributed by atoms with Crippen molar-refractivity contribution in [1.82, 2.24) is 20.2 Å². The highest BCUT2D eigenvalue weighted by molar-refractivity contribution is 5.81. The first-order chi connectivity index (χ1) is 13.8. The van der Waals surface area contributed by atoms with E-state index in [1.54, 1.807) is 18.2 Å². The molecule has 1 aromatic heterocycles. The standard InChI is InChI=1S/C22H30FN5O/c1-15(2)21-25-16(3)13-20(26-21)28-11-9-27(10-12-28)17(4)22(29)24-14-18-7-5-6-8-19(18)23/h5-8,13,15,17H,9-12,14H2,1-4H3,(H,24,29). The van der Waals surface area contributed by atoms with Gasteiger partial charge in [-0.3, -0.25) is 9.69 Å². The average Bonchev–Trinajstić information content (AvgIpc) is 2.72. The molecule has 0 spiro atoms. The zero-order valence-electron chi connectivity index (χ0n) is 17.7. The van der Waals surface area contributed by atoms with Crippen LogP contribution in [0.15, 0.2) is 30.3 Å². The Kier molecular flexibility index (Phi) is 6.79. The number of hydrogen-bond acceptors (Lipinski definition) is 5. The number of halogens is 1. The largest absolute Gasteiger partial charge is 0.354 e. The summed E-state index contributed by atoms with van der Waals surface area (Å²) in [4.78, 5) is 26.2. The van der Waals surface area contributed by atoms with Gasteiger partial charge in [0.05, 0.1) is 6.04 Å². The molecule has 1 unspecified atom stereocenters. The lowest BCUT2D eigenvalue weighted by atomic mass is 10.2. The van der Waals surface area contributed by atoms with Crippen LogP contribution in [0.3, 0.4) is 0 Å². The molecule has 3 rings (SSSR count). The van der Waals surface area contributed by atoms with Crippen LogP contribution in [0.25, 0.3) is 0 Å². The first-order valence-electron chi connectivity index (χ1n) is 10.2. The number of nitrogens with one attached hydrogen (secondary N) is 1. The van der Waals surface area contributed by atoms with Gasteiger partial charge in [0.1, 0.15) is 17.5 Å². The highest BCUT2D eigenvalue weighted by atomic mass is 19.1.